The third-order valence-corrected chi connectivity index (χ3v) is 5.87. The third-order valence-electron chi connectivity index (χ3n) is 4.18. The predicted octanol–water partition coefficient (Wildman–Crippen LogP) is 1.06. The summed E-state index contributed by atoms with van der Waals surface area (Å²) in [5, 5.41) is 0. The molecule has 1 amide bonds. The molecule has 1 aromatic rings. The summed E-state index contributed by atoms with van der Waals surface area (Å²) in [6.45, 7) is 1.30. The first-order valence-corrected chi connectivity index (χ1v) is 9.47. The van der Waals surface area contributed by atoms with Crippen LogP contribution in [0.3, 0.4) is 0 Å². The van der Waals surface area contributed by atoms with Gasteiger partial charge in [-0.3, -0.25) is 4.79 Å². The molecule has 1 aromatic carbocycles. The van der Waals surface area contributed by atoms with E-state index in [1.165, 1.54) is 19.2 Å². The Kier molecular flexibility index (Phi) is 6.15. The number of carbonyl (C=O) groups is 1. The zero-order valence-corrected chi connectivity index (χ0v) is 14.2. The minimum Gasteiger partial charge on any atom is -0.384 e. The number of carbonyl (C=O) groups excluding carboxylic acids is 1. The standard InChI is InChI=1S/C16H24N2O4S/c1-22-10-11-23(20,21)15-7-5-13(6-8-15)16(19)18-9-3-2-4-14(18)12-17/h5-8,14H,2-4,9-12,17H2,1H3. The molecular formula is C16H24N2O4S. The number of sulfone groups is 1. The quantitative estimate of drug-likeness (QED) is 0.836. The summed E-state index contributed by atoms with van der Waals surface area (Å²) in [6.07, 6.45) is 2.99. The van der Waals surface area contributed by atoms with E-state index in [1.54, 1.807) is 17.0 Å². The van der Waals surface area contributed by atoms with Gasteiger partial charge in [0.15, 0.2) is 9.84 Å². The van der Waals surface area contributed by atoms with Crippen molar-refractivity contribution in [3.8, 4) is 0 Å². The Morgan fingerprint density at radius 3 is 2.61 bits per heavy atom. The SMILES string of the molecule is COCCS(=O)(=O)c1ccc(C(=O)N2CCCCC2CN)cc1. The van der Waals surface area contributed by atoms with E-state index in [-0.39, 0.29) is 29.2 Å². The summed E-state index contributed by atoms with van der Waals surface area (Å²) in [5.74, 6) is -0.154. The zero-order valence-electron chi connectivity index (χ0n) is 13.4. The van der Waals surface area contributed by atoms with Crippen LogP contribution in [0.4, 0.5) is 0 Å². The van der Waals surface area contributed by atoms with Gasteiger partial charge in [-0.05, 0) is 43.5 Å². The van der Waals surface area contributed by atoms with Crippen molar-refractivity contribution in [2.75, 3.05) is 32.6 Å². The third kappa shape index (κ3) is 4.31. The number of benzene rings is 1. The molecule has 0 aliphatic carbocycles. The van der Waals surface area contributed by atoms with Crippen molar-refractivity contribution >= 4 is 15.7 Å². The van der Waals surface area contributed by atoms with Crippen LogP contribution in [0, 0.1) is 0 Å². The number of ether oxygens (including phenoxy) is 1. The summed E-state index contributed by atoms with van der Waals surface area (Å²) < 4.78 is 29.0. The van der Waals surface area contributed by atoms with Crippen LogP contribution in [0.25, 0.3) is 0 Å². The molecule has 6 nitrogen and oxygen atoms in total. The number of likely N-dealkylation sites (tertiary alicyclic amines) is 1. The molecule has 0 saturated carbocycles. The van der Waals surface area contributed by atoms with Crippen molar-refractivity contribution in [2.24, 2.45) is 5.73 Å². The number of rotatable bonds is 6. The molecule has 1 fully saturated rings. The number of amides is 1. The highest BCUT2D eigenvalue weighted by Gasteiger charge is 2.26. The predicted molar refractivity (Wildman–Crippen MR) is 88.1 cm³/mol. The van der Waals surface area contributed by atoms with Gasteiger partial charge < -0.3 is 15.4 Å². The topological polar surface area (TPSA) is 89.7 Å². The van der Waals surface area contributed by atoms with Crippen LogP contribution >= 0.6 is 0 Å². The Hall–Kier alpha value is -1.44. The fourth-order valence-electron chi connectivity index (χ4n) is 2.79. The molecule has 0 aromatic heterocycles. The molecule has 1 aliphatic rings. The van der Waals surface area contributed by atoms with Gasteiger partial charge in [0.1, 0.15) is 0 Å². The van der Waals surface area contributed by atoms with Crippen LogP contribution in [0.15, 0.2) is 29.2 Å². The zero-order chi connectivity index (χ0) is 16.9. The lowest BCUT2D eigenvalue weighted by atomic mass is 10.0. The summed E-state index contributed by atoms with van der Waals surface area (Å²) in [7, 11) is -1.91. The molecule has 7 heteroatoms. The highest BCUT2D eigenvalue weighted by Crippen LogP contribution is 2.20. The summed E-state index contributed by atoms with van der Waals surface area (Å²) in [4.78, 5) is 14.6. The molecule has 2 rings (SSSR count). The number of hydrogen-bond donors (Lipinski definition) is 1. The van der Waals surface area contributed by atoms with Gasteiger partial charge in [0.2, 0.25) is 0 Å². The second kappa shape index (κ2) is 7.90. The molecule has 0 bridgehead atoms. The van der Waals surface area contributed by atoms with Gasteiger partial charge in [0.05, 0.1) is 17.3 Å². The van der Waals surface area contributed by atoms with Crippen molar-refractivity contribution in [3.63, 3.8) is 0 Å². The lowest BCUT2D eigenvalue weighted by molar-refractivity contribution is 0.0623. The van der Waals surface area contributed by atoms with E-state index in [2.05, 4.69) is 0 Å². The average molecular weight is 340 g/mol. The van der Waals surface area contributed by atoms with Gasteiger partial charge in [-0.15, -0.1) is 0 Å². The second-order valence-corrected chi connectivity index (χ2v) is 7.83. The molecule has 23 heavy (non-hydrogen) atoms. The summed E-state index contributed by atoms with van der Waals surface area (Å²) in [5.41, 5.74) is 6.25. The Balaban J connectivity index is 2.14. The normalized spacial score (nSPS) is 18.9. The summed E-state index contributed by atoms with van der Waals surface area (Å²) >= 11 is 0. The molecule has 0 spiro atoms. The van der Waals surface area contributed by atoms with Crippen LogP contribution in [0.5, 0.6) is 0 Å². The molecule has 128 valence electrons. The monoisotopic (exact) mass is 340 g/mol. The molecule has 1 saturated heterocycles. The first-order valence-electron chi connectivity index (χ1n) is 7.82. The van der Waals surface area contributed by atoms with E-state index < -0.39 is 9.84 Å². The van der Waals surface area contributed by atoms with Crippen LogP contribution in [-0.4, -0.2) is 57.8 Å². The van der Waals surface area contributed by atoms with Crippen molar-refractivity contribution in [1.29, 1.82) is 0 Å². The highest BCUT2D eigenvalue weighted by atomic mass is 32.2. The maximum Gasteiger partial charge on any atom is 0.254 e. The molecule has 2 N–H and O–H groups in total. The highest BCUT2D eigenvalue weighted by molar-refractivity contribution is 7.91. The maximum absolute atomic E-state index is 12.6. The molecule has 1 atom stereocenters. The number of hydrogen-bond acceptors (Lipinski definition) is 5. The fraction of sp³-hybridized carbons (Fsp3) is 0.562. The Bertz CT molecular complexity index is 628. The number of nitrogens with zero attached hydrogens (tertiary/aromatic N) is 1. The first-order chi connectivity index (χ1) is 11.0. The van der Waals surface area contributed by atoms with Crippen LogP contribution in [-0.2, 0) is 14.6 Å². The van der Waals surface area contributed by atoms with Crippen molar-refractivity contribution in [3.05, 3.63) is 29.8 Å². The maximum atomic E-state index is 12.6. The van der Waals surface area contributed by atoms with Crippen LogP contribution in [0.2, 0.25) is 0 Å². The van der Waals surface area contributed by atoms with Crippen molar-refractivity contribution in [2.45, 2.75) is 30.2 Å². The van der Waals surface area contributed by atoms with Crippen molar-refractivity contribution < 1.29 is 17.9 Å². The Labute approximate surface area is 137 Å². The Morgan fingerprint density at radius 2 is 2.00 bits per heavy atom. The van der Waals surface area contributed by atoms with Gasteiger partial charge in [-0.2, -0.15) is 0 Å². The van der Waals surface area contributed by atoms with E-state index in [1.807, 2.05) is 0 Å². The largest absolute Gasteiger partial charge is 0.384 e. The Morgan fingerprint density at radius 1 is 1.30 bits per heavy atom. The van der Waals surface area contributed by atoms with Gasteiger partial charge in [-0.25, -0.2) is 8.42 Å². The summed E-state index contributed by atoms with van der Waals surface area (Å²) in [6, 6.07) is 6.19. The molecule has 0 radical (unpaired) electrons. The smallest absolute Gasteiger partial charge is 0.254 e. The lowest BCUT2D eigenvalue weighted by Gasteiger charge is -2.35. The van der Waals surface area contributed by atoms with E-state index >= 15 is 0 Å². The first kappa shape index (κ1) is 17.9. The minimum atomic E-state index is -3.38. The van der Waals surface area contributed by atoms with Gasteiger partial charge in [0, 0.05) is 31.8 Å². The molecule has 1 unspecified atom stereocenters. The van der Waals surface area contributed by atoms with Gasteiger partial charge >= 0.3 is 0 Å². The number of nitrogens with two attached hydrogens (primary N) is 1. The second-order valence-electron chi connectivity index (χ2n) is 5.72. The van der Waals surface area contributed by atoms with Crippen LogP contribution in [0.1, 0.15) is 29.6 Å². The van der Waals surface area contributed by atoms with E-state index in [0.717, 1.165) is 19.3 Å². The average Bonchev–Trinajstić information content (AvgIpc) is 2.59. The van der Waals surface area contributed by atoms with Crippen molar-refractivity contribution in [1.82, 2.24) is 4.90 Å². The van der Waals surface area contributed by atoms with E-state index in [4.69, 9.17) is 10.5 Å². The van der Waals surface area contributed by atoms with Crippen LogP contribution < -0.4 is 5.73 Å². The molecule has 1 heterocycles. The lowest BCUT2D eigenvalue weighted by Crippen LogP contribution is -2.47. The molecular weight excluding hydrogens is 316 g/mol. The van der Waals surface area contributed by atoms with E-state index in [9.17, 15) is 13.2 Å². The fourth-order valence-corrected chi connectivity index (χ4v) is 3.97. The van der Waals surface area contributed by atoms with Gasteiger partial charge in [0.25, 0.3) is 5.91 Å². The van der Waals surface area contributed by atoms with Gasteiger partial charge in [-0.1, -0.05) is 0 Å². The molecule has 1 aliphatic heterocycles. The van der Waals surface area contributed by atoms with E-state index in [0.29, 0.717) is 18.7 Å². The minimum absolute atomic E-state index is 0.0707. The number of piperidine rings is 1. The number of methoxy groups -OCH3 is 1.